The Bertz CT molecular complexity index is 327. The molecule has 0 N–H and O–H groups in total. The summed E-state index contributed by atoms with van der Waals surface area (Å²) in [7, 11) is 0. The Morgan fingerprint density at radius 3 is 2.06 bits per heavy atom. The molecule has 0 bridgehead atoms. The summed E-state index contributed by atoms with van der Waals surface area (Å²) in [6.45, 7) is 11.2. The lowest BCUT2D eigenvalue weighted by molar-refractivity contribution is 1.41. The summed E-state index contributed by atoms with van der Waals surface area (Å²) in [5.41, 5.74) is 1.88. The third kappa shape index (κ3) is 6.55. The van der Waals surface area contributed by atoms with E-state index in [4.69, 9.17) is 0 Å². The van der Waals surface area contributed by atoms with Crippen LogP contribution in [0.3, 0.4) is 0 Å². The van der Waals surface area contributed by atoms with Crippen LogP contribution in [0.25, 0.3) is 0 Å². The topological polar surface area (TPSA) is 12.4 Å². The van der Waals surface area contributed by atoms with E-state index in [0.29, 0.717) is 0 Å². The standard InChI is InChI=1S/C15H19N/c1-5-9-14(10-6-2)13-16-15(11-7-3)12-8-4/h5-13H,1,3H2,2,4H3/b10-6-,12-8-,14-9+,15-11+,16-13-. The summed E-state index contributed by atoms with van der Waals surface area (Å²) in [5, 5.41) is 0. The van der Waals surface area contributed by atoms with Crippen LogP contribution in [0.2, 0.25) is 0 Å². The van der Waals surface area contributed by atoms with Gasteiger partial charge in [-0.05, 0) is 31.6 Å². The van der Waals surface area contributed by atoms with Crippen molar-refractivity contribution in [2.45, 2.75) is 13.8 Å². The van der Waals surface area contributed by atoms with Crippen LogP contribution in [-0.2, 0) is 0 Å². The van der Waals surface area contributed by atoms with E-state index in [0.717, 1.165) is 11.3 Å². The van der Waals surface area contributed by atoms with Crippen molar-refractivity contribution in [1.29, 1.82) is 0 Å². The molecule has 0 rings (SSSR count). The summed E-state index contributed by atoms with van der Waals surface area (Å²) >= 11 is 0. The monoisotopic (exact) mass is 213 g/mol. The second kappa shape index (κ2) is 9.66. The van der Waals surface area contributed by atoms with Crippen LogP contribution in [0.5, 0.6) is 0 Å². The quantitative estimate of drug-likeness (QED) is 0.458. The predicted octanol–water partition coefficient (Wildman–Crippen LogP) is 4.39. The molecule has 0 atom stereocenters. The average molecular weight is 213 g/mol. The lowest BCUT2D eigenvalue weighted by Crippen LogP contribution is -1.81. The van der Waals surface area contributed by atoms with E-state index in [9.17, 15) is 0 Å². The maximum absolute atomic E-state index is 4.35. The average Bonchev–Trinajstić information content (AvgIpc) is 2.27. The molecule has 0 heterocycles. The van der Waals surface area contributed by atoms with Crippen molar-refractivity contribution in [1.82, 2.24) is 0 Å². The molecule has 84 valence electrons. The Labute approximate surface area is 98.6 Å². The molecule has 0 amide bonds. The first-order valence-corrected chi connectivity index (χ1v) is 5.23. The summed E-state index contributed by atoms with van der Waals surface area (Å²) < 4.78 is 0. The lowest BCUT2D eigenvalue weighted by Gasteiger charge is -1.93. The Hall–Kier alpha value is -1.89. The van der Waals surface area contributed by atoms with Crippen molar-refractivity contribution < 1.29 is 0 Å². The van der Waals surface area contributed by atoms with Gasteiger partial charge in [-0.1, -0.05) is 49.6 Å². The molecule has 0 aromatic rings. The molecule has 0 aliphatic carbocycles. The molecule has 0 fully saturated rings. The molecule has 1 heteroatoms. The number of hydrogen-bond acceptors (Lipinski definition) is 1. The van der Waals surface area contributed by atoms with Crippen LogP contribution < -0.4 is 0 Å². The van der Waals surface area contributed by atoms with Crippen molar-refractivity contribution in [2.75, 3.05) is 0 Å². The van der Waals surface area contributed by atoms with Crippen molar-refractivity contribution >= 4 is 6.21 Å². The fourth-order valence-electron chi connectivity index (χ4n) is 1.05. The number of rotatable bonds is 6. The van der Waals surface area contributed by atoms with Gasteiger partial charge in [0.15, 0.2) is 0 Å². The van der Waals surface area contributed by atoms with Gasteiger partial charge in [0.05, 0.1) is 5.70 Å². The van der Waals surface area contributed by atoms with Crippen molar-refractivity contribution in [3.8, 4) is 0 Å². The highest BCUT2D eigenvalue weighted by Crippen LogP contribution is 2.02. The highest BCUT2D eigenvalue weighted by atomic mass is 14.7. The molecule has 0 aliphatic heterocycles. The van der Waals surface area contributed by atoms with Crippen LogP contribution >= 0.6 is 0 Å². The van der Waals surface area contributed by atoms with E-state index in [-0.39, 0.29) is 0 Å². The van der Waals surface area contributed by atoms with E-state index in [1.54, 1.807) is 18.4 Å². The smallest absolute Gasteiger partial charge is 0.0626 e. The zero-order valence-corrected chi connectivity index (χ0v) is 10.1. The van der Waals surface area contributed by atoms with Gasteiger partial charge < -0.3 is 0 Å². The van der Waals surface area contributed by atoms with Crippen LogP contribution in [0.15, 0.2) is 78.0 Å². The summed E-state index contributed by atoms with van der Waals surface area (Å²) in [4.78, 5) is 4.35. The highest BCUT2D eigenvalue weighted by Gasteiger charge is 1.86. The molecule has 0 aromatic carbocycles. The van der Waals surface area contributed by atoms with E-state index in [1.807, 2.05) is 50.3 Å². The van der Waals surface area contributed by atoms with Crippen molar-refractivity contribution in [3.63, 3.8) is 0 Å². The van der Waals surface area contributed by atoms with Gasteiger partial charge in [0.2, 0.25) is 0 Å². The predicted molar refractivity (Wildman–Crippen MR) is 74.7 cm³/mol. The van der Waals surface area contributed by atoms with Crippen LogP contribution in [0.4, 0.5) is 0 Å². The first-order valence-electron chi connectivity index (χ1n) is 5.23. The number of hydrogen-bond donors (Lipinski definition) is 0. The molecule has 0 spiro atoms. The Morgan fingerprint density at radius 2 is 1.56 bits per heavy atom. The zero-order valence-electron chi connectivity index (χ0n) is 10.1. The van der Waals surface area contributed by atoms with Crippen molar-refractivity contribution in [2.24, 2.45) is 4.99 Å². The minimum atomic E-state index is 0.872. The largest absolute Gasteiger partial charge is 0.256 e. The van der Waals surface area contributed by atoms with Gasteiger partial charge in [-0.2, -0.15) is 0 Å². The normalized spacial score (nSPS) is 14.1. The first-order chi connectivity index (χ1) is 7.78. The fraction of sp³-hybridized carbons (Fsp3) is 0.133. The van der Waals surface area contributed by atoms with Gasteiger partial charge in [0.1, 0.15) is 0 Å². The fourth-order valence-corrected chi connectivity index (χ4v) is 1.05. The molecule has 0 unspecified atom stereocenters. The van der Waals surface area contributed by atoms with Gasteiger partial charge in [0, 0.05) is 6.21 Å². The Balaban J connectivity index is 4.89. The van der Waals surface area contributed by atoms with E-state index in [1.165, 1.54) is 0 Å². The molecule has 0 aliphatic rings. The Morgan fingerprint density at radius 1 is 0.938 bits per heavy atom. The Kier molecular flexibility index (Phi) is 8.52. The first kappa shape index (κ1) is 14.1. The lowest BCUT2D eigenvalue weighted by atomic mass is 10.2. The second-order valence-corrected chi connectivity index (χ2v) is 2.99. The minimum absolute atomic E-state index is 0.872. The number of allylic oxidation sites excluding steroid dienone is 9. The number of aliphatic imine (C=N–C) groups is 1. The van der Waals surface area contributed by atoms with Crippen molar-refractivity contribution in [3.05, 3.63) is 73.0 Å². The summed E-state index contributed by atoms with van der Waals surface area (Å²) in [5.74, 6) is 0. The van der Waals surface area contributed by atoms with Gasteiger partial charge in [-0.15, -0.1) is 0 Å². The van der Waals surface area contributed by atoms with Crippen LogP contribution in [0.1, 0.15) is 13.8 Å². The SMILES string of the molecule is C=C/C=C(\C=C/C)/C=N\C(\C=C/C)=C\C=C. The third-order valence-electron chi connectivity index (χ3n) is 1.66. The maximum atomic E-state index is 4.35. The molecule has 0 aromatic heterocycles. The number of nitrogens with zero attached hydrogens (tertiary/aromatic N) is 1. The molecule has 16 heavy (non-hydrogen) atoms. The van der Waals surface area contributed by atoms with Gasteiger partial charge in [0.25, 0.3) is 0 Å². The molecular weight excluding hydrogens is 194 g/mol. The zero-order chi connectivity index (χ0) is 12.2. The highest BCUT2D eigenvalue weighted by molar-refractivity contribution is 5.83. The molecule has 1 nitrogen and oxygen atoms in total. The maximum Gasteiger partial charge on any atom is 0.0626 e. The van der Waals surface area contributed by atoms with E-state index in [2.05, 4.69) is 18.2 Å². The van der Waals surface area contributed by atoms with E-state index >= 15 is 0 Å². The molecule has 0 radical (unpaired) electrons. The van der Waals surface area contributed by atoms with Gasteiger partial charge in [-0.3, -0.25) is 4.99 Å². The molecular formula is C15H19N. The molecule has 0 saturated heterocycles. The minimum Gasteiger partial charge on any atom is -0.256 e. The summed E-state index contributed by atoms with van der Waals surface area (Å²) in [6, 6.07) is 0. The van der Waals surface area contributed by atoms with Gasteiger partial charge >= 0.3 is 0 Å². The molecule has 0 saturated carbocycles. The van der Waals surface area contributed by atoms with Crippen LogP contribution in [-0.4, -0.2) is 6.21 Å². The van der Waals surface area contributed by atoms with Crippen LogP contribution in [0, 0.1) is 0 Å². The van der Waals surface area contributed by atoms with Gasteiger partial charge in [-0.25, -0.2) is 0 Å². The second-order valence-electron chi connectivity index (χ2n) is 2.99. The third-order valence-corrected chi connectivity index (χ3v) is 1.66. The van der Waals surface area contributed by atoms with E-state index < -0.39 is 0 Å². The summed E-state index contributed by atoms with van der Waals surface area (Å²) in [6.07, 6.45) is 16.9.